The fourth-order valence-corrected chi connectivity index (χ4v) is 2.07. The number of rotatable bonds is 8. The second-order valence-electron chi connectivity index (χ2n) is 4.38. The van der Waals surface area contributed by atoms with Crippen molar-refractivity contribution in [3.05, 3.63) is 16.7 Å². The number of anilines is 1. The summed E-state index contributed by atoms with van der Waals surface area (Å²) in [5.74, 6) is -0.0324. The second kappa shape index (κ2) is 7.17. The predicted octanol–water partition coefficient (Wildman–Crippen LogP) is -1.20. The molecule has 5 N–H and O–H groups in total. The Morgan fingerprint density at radius 3 is 2.91 bits per heavy atom. The number of hydrogen-bond acceptors (Lipinski definition) is 8. The number of nitrogen functional groups attached to an aromatic ring is 1. The van der Waals surface area contributed by atoms with Gasteiger partial charge in [-0.05, 0) is 0 Å². The third kappa shape index (κ3) is 4.82. The summed E-state index contributed by atoms with van der Waals surface area (Å²) in [6.07, 6.45) is 0.447. The first-order valence-corrected chi connectivity index (χ1v) is 7.88. The number of nitrogens with zero attached hydrogens (tertiary/aromatic N) is 3. The van der Waals surface area contributed by atoms with E-state index in [-0.39, 0.29) is 24.6 Å². The van der Waals surface area contributed by atoms with Gasteiger partial charge in [0.1, 0.15) is 6.61 Å². The minimum atomic E-state index is -4.59. The minimum Gasteiger partial charge on any atom is -0.369 e. The van der Waals surface area contributed by atoms with E-state index < -0.39 is 26.3 Å². The predicted molar refractivity (Wildman–Crippen MR) is 77.3 cm³/mol. The van der Waals surface area contributed by atoms with E-state index in [0.717, 1.165) is 0 Å². The molecule has 13 heteroatoms. The zero-order valence-corrected chi connectivity index (χ0v) is 13.0. The van der Waals surface area contributed by atoms with Gasteiger partial charge in [-0.1, -0.05) is 0 Å². The van der Waals surface area contributed by atoms with Gasteiger partial charge in [-0.15, -0.1) is 0 Å². The molecule has 2 aromatic rings. The minimum absolute atomic E-state index is 0.0324. The van der Waals surface area contributed by atoms with E-state index in [4.69, 9.17) is 25.0 Å². The molecule has 0 saturated carbocycles. The Balaban J connectivity index is 1.96. The van der Waals surface area contributed by atoms with Crippen LogP contribution in [0.15, 0.2) is 11.1 Å². The van der Waals surface area contributed by atoms with Gasteiger partial charge in [0.2, 0.25) is 5.95 Å². The molecule has 0 radical (unpaired) electrons. The summed E-state index contributed by atoms with van der Waals surface area (Å²) in [4.78, 5) is 39.1. The molecule has 0 aliphatic carbocycles. The number of nitrogens with two attached hydrogens (primary N) is 1. The highest BCUT2D eigenvalue weighted by atomic mass is 31.2. The molecule has 0 bridgehead atoms. The van der Waals surface area contributed by atoms with Gasteiger partial charge < -0.3 is 29.6 Å². The zero-order valence-electron chi connectivity index (χ0n) is 12.1. The van der Waals surface area contributed by atoms with Crippen molar-refractivity contribution in [3.8, 4) is 0 Å². The molecule has 23 heavy (non-hydrogen) atoms. The third-order valence-corrected chi connectivity index (χ3v) is 3.26. The molecular formula is C10H16N5O7P. The Hall–Kier alpha value is -1.82. The molecule has 0 fully saturated rings. The van der Waals surface area contributed by atoms with Crippen molar-refractivity contribution in [2.24, 2.45) is 0 Å². The van der Waals surface area contributed by atoms with E-state index in [0.29, 0.717) is 5.65 Å². The number of nitrogens with one attached hydrogen (secondary N) is 1. The smallest absolute Gasteiger partial charge is 0.369 e. The van der Waals surface area contributed by atoms with E-state index in [1.54, 1.807) is 4.57 Å². The Kier molecular flexibility index (Phi) is 5.46. The maximum Gasteiger partial charge on any atom is 0.469 e. The van der Waals surface area contributed by atoms with Crippen molar-refractivity contribution in [2.75, 3.05) is 26.1 Å². The molecule has 2 aromatic heterocycles. The first-order chi connectivity index (χ1) is 10.8. The molecule has 0 aliphatic rings. The van der Waals surface area contributed by atoms with Gasteiger partial charge in [-0.3, -0.25) is 14.3 Å². The van der Waals surface area contributed by atoms with Crippen molar-refractivity contribution in [3.63, 3.8) is 0 Å². The Labute approximate surface area is 129 Å². The lowest BCUT2D eigenvalue weighted by molar-refractivity contribution is -0.145. The summed E-state index contributed by atoms with van der Waals surface area (Å²) >= 11 is 0. The van der Waals surface area contributed by atoms with E-state index in [1.807, 2.05) is 0 Å². The number of aromatic amines is 1. The normalized spacial score (nSPS) is 13.5. The van der Waals surface area contributed by atoms with Crippen molar-refractivity contribution in [1.82, 2.24) is 19.5 Å². The van der Waals surface area contributed by atoms with Crippen LogP contribution in [-0.2, 0) is 25.1 Å². The molecular weight excluding hydrogens is 333 g/mol. The van der Waals surface area contributed by atoms with Crippen LogP contribution in [0, 0.1) is 0 Å². The van der Waals surface area contributed by atoms with Crippen LogP contribution in [0.3, 0.4) is 0 Å². The van der Waals surface area contributed by atoms with Gasteiger partial charge >= 0.3 is 7.82 Å². The van der Waals surface area contributed by atoms with Gasteiger partial charge in [0.05, 0.1) is 12.9 Å². The summed E-state index contributed by atoms with van der Waals surface area (Å²) < 4.78 is 26.6. The molecule has 1 unspecified atom stereocenters. The summed E-state index contributed by atoms with van der Waals surface area (Å²) in [6.45, 7) is -0.0681. The molecule has 0 spiro atoms. The van der Waals surface area contributed by atoms with E-state index in [1.165, 1.54) is 13.4 Å². The van der Waals surface area contributed by atoms with E-state index in [2.05, 4.69) is 19.5 Å². The van der Waals surface area contributed by atoms with Gasteiger partial charge in [0.25, 0.3) is 5.56 Å². The maximum atomic E-state index is 11.6. The highest BCUT2D eigenvalue weighted by Crippen LogP contribution is 2.35. The summed E-state index contributed by atoms with van der Waals surface area (Å²) in [6, 6.07) is 0. The monoisotopic (exact) mass is 349 g/mol. The fourth-order valence-electron chi connectivity index (χ4n) is 1.76. The molecule has 2 heterocycles. The van der Waals surface area contributed by atoms with E-state index in [9.17, 15) is 9.36 Å². The fraction of sp³-hybridized carbons (Fsp3) is 0.500. The van der Waals surface area contributed by atoms with Crippen molar-refractivity contribution in [2.45, 2.75) is 12.8 Å². The Bertz CT molecular complexity index is 769. The van der Waals surface area contributed by atoms with Crippen LogP contribution >= 0.6 is 7.82 Å². The number of aromatic nitrogens is 4. The first-order valence-electron chi connectivity index (χ1n) is 6.35. The Morgan fingerprint density at radius 2 is 2.26 bits per heavy atom. The van der Waals surface area contributed by atoms with E-state index >= 15 is 0 Å². The van der Waals surface area contributed by atoms with Gasteiger partial charge in [0, 0.05) is 13.7 Å². The molecule has 0 saturated heterocycles. The number of phosphoric ester groups is 1. The lowest BCUT2D eigenvalue weighted by atomic mass is 10.5. The number of phosphoric acid groups is 1. The Morgan fingerprint density at radius 1 is 1.52 bits per heavy atom. The van der Waals surface area contributed by atoms with Crippen LogP contribution < -0.4 is 11.3 Å². The van der Waals surface area contributed by atoms with Crippen LogP contribution in [0.4, 0.5) is 5.95 Å². The summed E-state index contributed by atoms with van der Waals surface area (Å²) in [7, 11) is -3.29. The third-order valence-electron chi connectivity index (χ3n) is 2.77. The molecule has 12 nitrogen and oxygen atoms in total. The first kappa shape index (κ1) is 17.5. The number of methoxy groups -OCH3 is 1. The van der Waals surface area contributed by atoms with Crippen LogP contribution in [0.2, 0.25) is 0 Å². The highest BCUT2D eigenvalue weighted by molar-refractivity contribution is 7.46. The quantitative estimate of drug-likeness (QED) is 0.334. The number of H-pyrrole nitrogens is 1. The number of hydrogen-bond donors (Lipinski definition) is 4. The average molecular weight is 349 g/mol. The van der Waals surface area contributed by atoms with Crippen LogP contribution in [0.1, 0.15) is 0 Å². The van der Waals surface area contributed by atoms with Crippen LogP contribution in [0.5, 0.6) is 0 Å². The molecule has 0 aromatic carbocycles. The lowest BCUT2D eigenvalue weighted by Crippen LogP contribution is -2.23. The molecule has 128 valence electrons. The SMILES string of the molecule is COC(COP(=O)(O)O)OCCn1cnc2c(=O)[nH]c(N)nc21. The van der Waals surface area contributed by atoms with Crippen LogP contribution in [-0.4, -0.2) is 55.9 Å². The molecule has 2 rings (SSSR count). The summed E-state index contributed by atoms with van der Waals surface area (Å²) in [5, 5.41) is 0. The number of imidazole rings is 1. The standard InChI is InChI=1S/C10H16N5O7P/c1-20-6(4-22-23(17,18)19)21-3-2-15-5-12-7-8(15)13-10(11)14-9(7)16/h5-6H,2-4H2,1H3,(H2,17,18,19)(H3,11,13,14,16). The van der Waals surface area contributed by atoms with Crippen LogP contribution in [0.25, 0.3) is 11.2 Å². The highest BCUT2D eigenvalue weighted by Gasteiger charge is 2.18. The average Bonchev–Trinajstić information content (AvgIpc) is 2.85. The van der Waals surface area contributed by atoms with Gasteiger partial charge in [-0.25, -0.2) is 9.55 Å². The lowest BCUT2D eigenvalue weighted by Gasteiger charge is -2.16. The summed E-state index contributed by atoms with van der Waals surface area (Å²) in [5.41, 5.74) is 5.48. The van der Waals surface area contributed by atoms with Crippen molar-refractivity contribution in [1.29, 1.82) is 0 Å². The molecule has 1 atom stereocenters. The zero-order chi connectivity index (χ0) is 17.0. The van der Waals surface area contributed by atoms with Gasteiger partial charge in [0.15, 0.2) is 17.5 Å². The van der Waals surface area contributed by atoms with Gasteiger partial charge in [-0.2, -0.15) is 4.98 Å². The van der Waals surface area contributed by atoms with Crippen molar-refractivity contribution >= 4 is 24.9 Å². The largest absolute Gasteiger partial charge is 0.469 e. The number of ether oxygens (including phenoxy) is 2. The molecule has 0 aliphatic heterocycles. The van der Waals surface area contributed by atoms with Crippen molar-refractivity contribution < 1.29 is 28.3 Å². The maximum absolute atomic E-state index is 11.6. The molecule has 0 amide bonds. The topological polar surface area (TPSA) is 175 Å². The number of fused-ring (bicyclic) bond motifs is 1. The second-order valence-corrected chi connectivity index (χ2v) is 5.62.